The number of aromatic amines is 1. The Morgan fingerprint density at radius 1 is 0.902 bits per heavy atom. The van der Waals surface area contributed by atoms with Crippen LogP contribution in [0, 0.1) is 0 Å². The van der Waals surface area contributed by atoms with Gasteiger partial charge in [0.15, 0.2) is 6.17 Å². The fraction of sp³-hybridized carbons (Fsp3) is 0.235. The van der Waals surface area contributed by atoms with Crippen LogP contribution in [0.1, 0.15) is 36.2 Å². The number of anilines is 1. The molecule has 1 N–H and O–H groups in total. The van der Waals surface area contributed by atoms with Gasteiger partial charge in [-0.15, -0.1) is 0 Å². The number of nitrogens with zero attached hydrogens (tertiary/aromatic N) is 4. The van der Waals surface area contributed by atoms with Gasteiger partial charge in [-0.2, -0.15) is 0 Å². The van der Waals surface area contributed by atoms with Crippen molar-refractivity contribution in [2.45, 2.75) is 31.6 Å². The van der Waals surface area contributed by atoms with Gasteiger partial charge in [0.1, 0.15) is 5.75 Å². The zero-order valence-electron chi connectivity index (χ0n) is 23.1. The van der Waals surface area contributed by atoms with Gasteiger partial charge in [0, 0.05) is 42.8 Å². The number of aromatic nitrogens is 2. The number of H-pyrrole nitrogens is 1. The van der Waals surface area contributed by atoms with Gasteiger partial charge >= 0.3 is 5.69 Å². The Kier molecular flexibility index (Phi) is 6.65. The fourth-order valence-electron chi connectivity index (χ4n) is 6.18. The molecule has 0 radical (unpaired) electrons. The van der Waals surface area contributed by atoms with Crippen molar-refractivity contribution in [3.05, 3.63) is 129 Å². The lowest BCUT2D eigenvalue weighted by atomic mass is 10.0. The summed E-state index contributed by atoms with van der Waals surface area (Å²) in [4.78, 5) is 25.5. The number of methoxy groups -OCH3 is 1. The molecule has 2 aliphatic heterocycles. The van der Waals surface area contributed by atoms with Crippen molar-refractivity contribution >= 4 is 22.9 Å². The summed E-state index contributed by atoms with van der Waals surface area (Å²) < 4.78 is 7.43. The number of hydrogen-bond donors (Lipinski definition) is 1. The Morgan fingerprint density at radius 3 is 2.44 bits per heavy atom. The maximum absolute atomic E-state index is 12.7. The average molecular weight is 544 g/mol. The summed E-state index contributed by atoms with van der Waals surface area (Å²) in [5.41, 5.74) is 5.43. The second-order valence-corrected chi connectivity index (χ2v) is 10.9. The first-order valence-electron chi connectivity index (χ1n) is 14.2. The quantitative estimate of drug-likeness (QED) is 0.336. The molecule has 0 bridgehead atoms. The number of rotatable bonds is 6. The SMILES string of the molecule is COc1ccc2c(c1)=CN(c1ccc(CN3CCC(n4c(=O)[nH]c5ccccc54)CC3)cc1)C(c1ccccc1)N=2. The van der Waals surface area contributed by atoms with Gasteiger partial charge in [-0.25, -0.2) is 4.79 Å². The lowest BCUT2D eigenvalue weighted by Crippen LogP contribution is -2.38. The number of piperidine rings is 1. The van der Waals surface area contributed by atoms with Crippen molar-refractivity contribution in [2.24, 2.45) is 4.99 Å². The van der Waals surface area contributed by atoms with Crippen LogP contribution < -0.4 is 25.9 Å². The highest BCUT2D eigenvalue weighted by Crippen LogP contribution is 2.31. The molecule has 7 heteroatoms. The smallest absolute Gasteiger partial charge is 0.326 e. The van der Waals surface area contributed by atoms with Crippen molar-refractivity contribution in [3.63, 3.8) is 0 Å². The van der Waals surface area contributed by atoms with Crippen molar-refractivity contribution in [1.82, 2.24) is 14.5 Å². The highest BCUT2D eigenvalue weighted by molar-refractivity contribution is 5.75. The van der Waals surface area contributed by atoms with Crippen LogP contribution >= 0.6 is 0 Å². The molecule has 5 aromatic rings. The molecule has 4 aromatic carbocycles. The number of likely N-dealkylation sites (tertiary alicyclic amines) is 1. The molecule has 0 amide bonds. The van der Waals surface area contributed by atoms with Crippen LogP contribution in [0.4, 0.5) is 5.69 Å². The standard InChI is InChI=1S/C34H33N5O2/c1-41-29-15-16-30-26(21-29)23-38(33(35-30)25-7-3-2-4-8-25)27-13-11-24(12-14-27)22-37-19-17-28(18-20-37)39-32-10-6-5-9-31(32)36-34(39)40/h2-16,21,23,28,33H,17-20,22H2,1H3,(H,36,40). The van der Waals surface area contributed by atoms with E-state index in [-0.39, 0.29) is 17.9 Å². The molecule has 1 unspecified atom stereocenters. The first kappa shape index (κ1) is 25.4. The molecule has 0 saturated carbocycles. The Morgan fingerprint density at radius 2 is 1.66 bits per heavy atom. The molecule has 1 fully saturated rings. The van der Waals surface area contributed by atoms with Crippen LogP contribution in [0.2, 0.25) is 0 Å². The van der Waals surface area contributed by atoms with E-state index in [0.29, 0.717) is 0 Å². The first-order valence-corrected chi connectivity index (χ1v) is 14.2. The normalized spacial score (nSPS) is 17.6. The van der Waals surface area contributed by atoms with Gasteiger partial charge in [0.2, 0.25) is 0 Å². The van der Waals surface area contributed by atoms with Crippen LogP contribution in [0.15, 0.2) is 107 Å². The van der Waals surface area contributed by atoms with Crippen molar-refractivity contribution in [1.29, 1.82) is 0 Å². The van der Waals surface area contributed by atoms with Crippen LogP contribution in [0.3, 0.4) is 0 Å². The number of fused-ring (bicyclic) bond motifs is 2. The number of ether oxygens (including phenoxy) is 1. The molecule has 41 heavy (non-hydrogen) atoms. The minimum absolute atomic E-state index is 0.00337. The van der Waals surface area contributed by atoms with Crippen LogP contribution in [0.5, 0.6) is 5.75 Å². The van der Waals surface area contributed by atoms with Gasteiger partial charge in [-0.1, -0.05) is 54.6 Å². The topological polar surface area (TPSA) is 65.9 Å². The Labute approximate surface area is 238 Å². The lowest BCUT2D eigenvalue weighted by molar-refractivity contribution is 0.180. The summed E-state index contributed by atoms with van der Waals surface area (Å²) in [6.45, 7) is 2.82. The zero-order chi connectivity index (χ0) is 27.8. The predicted octanol–water partition coefficient (Wildman–Crippen LogP) is 4.75. The second-order valence-electron chi connectivity index (χ2n) is 10.9. The van der Waals surface area contributed by atoms with Crippen LogP contribution in [-0.4, -0.2) is 34.7 Å². The molecule has 2 aliphatic rings. The minimum Gasteiger partial charge on any atom is -0.497 e. The Hall–Kier alpha value is -4.62. The highest BCUT2D eigenvalue weighted by atomic mass is 16.5. The molecule has 0 spiro atoms. The van der Waals surface area contributed by atoms with Crippen molar-refractivity contribution in [2.75, 3.05) is 25.1 Å². The van der Waals surface area contributed by atoms with E-state index in [9.17, 15) is 4.79 Å². The van der Waals surface area contributed by atoms with Crippen molar-refractivity contribution in [3.8, 4) is 5.75 Å². The molecule has 1 aromatic heterocycles. The second kappa shape index (κ2) is 10.7. The van der Waals surface area contributed by atoms with E-state index in [4.69, 9.17) is 9.73 Å². The molecule has 7 rings (SSSR count). The maximum atomic E-state index is 12.7. The van der Waals surface area contributed by atoms with E-state index in [2.05, 4.69) is 69.5 Å². The van der Waals surface area contributed by atoms with Gasteiger partial charge in [-0.3, -0.25) is 14.5 Å². The molecular weight excluding hydrogens is 510 g/mol. The first-order chi connectivity index (χ1) is 20.2. The summed E-state index contributed by atoms with van der Waals surface area (Å²) in [6, 6.07) is 33.5. The van der Waals surface area contributed by atoms with Crippen molar-refractivity contribution < 1.29 is 4.74 Å². The third-order valence-corrected chi connectivity index (χ3v) is 8.32. The van der Waals surface area contributed by atoms with Gasteiger partial charge in [-0.05, 0) is 66.4 Å². The number of nitrogens with one attached hydrogen (secondary N) is 1. The molecule has 0 aliphatic carbocycles. The number of para-hydroxylation sites is 2. The predicted molar refractivity (Wildman–Crippen MR) is 162 cm³/mol. The van der Waals surface area contributed by atoms with Gasteiger partial charge < -0.3 is 14.6 Å². The van der Waals surface area contributed by atoms with Gasteiger partial charge in [0.25, 0.3) is 0 Å². The van der Waals surface area contributed by atoms with E-state index in [1.807, 2.05) is 53.1 Å². The van der Waals surface area contributed by atoms with Gasteiger partial charge in [0.05, 0.1) is 23.5 Å². The Bertz CT molecular complexity index is 1850. The average Bonchev–Trinajstić information content (AvgIpc) is 3.37. The summed E-state index contributed by atoms with van der Waals surface area (Å²) >= 11 is 0. The minimum atomic E-state index is -0.144. The van der Waals surface area contributed by atoms with E-state index in [1.165, 1.54) is 5.56 Å². The molecular formula is C34H33N5O2. The molecule has 206 valence electrons. The van der Waals surface area contributed by atoms with Crippen LogP contribution in [0.25, 0.3) is 17.2 Å². The summed E-state index contributed by atoms with van der Waals surface area (Å²) in [6.07, 6.45) is 3.96. The summed E-state index contributed by atoms with van der Waals surface area (Å²) in [7, 11) is 1.69. The molecule has 1 saturated heterocycles. The fourth-order valence-corrected chi connectivity index (χ4v) is 6.18. The third-order valence-electron chi connectivity index (χ3n) is 8.32. The number of hydrogen-bond acceptors (Lipinski definition) is 5. The van der Waals surface area contributed by atoms with E-state index >= 15 is 0 Å². The zero-order valence-corrected chi connectivity index (χ0v) is 23.1. The molecule has 3 heterocycles. The monoisotopic (exact) mass is 543 g/mol. The summed E-state index contributed by atoms with van der Waals surface area (Å²) in [5, 5.41) is 2.00. The Balaban J connectivity index is 1.08. The summed E-state index contributed by atoms with van der Waals surface area (Å²) in [5.74, 6) is 0.821. The largest absolute Gasteiger partial charge is 0.497 e. The number of benzene rings is 4. The lowest BCUT2D eigenvalue weighted by Gasteiger charge is -2.33. The highest BCUT2D eigenvalue weighted by Gasteiger charge is 2.24. The number of imidazole rings is 1. The maximum Gasteiger partial charge on any atom is 0.326 e. The molecule has 1 atom stereocenters. The third kappa shape index (κ3) is 4.93. The van der Waals surface area contributed by atoms with Crippen LogP contribution in [-0.2, 0) is 6.54 Å². The van der Waals surface area contributed by atoms with E-state index < -0.39 is 0 Å². The van der Waals surface area contributed by atoms with E-state index in [0.717, 1.165) is 71.1 Å². The molecule has 7 nitrogen and oxygen atoms in total. The van der Waals surface area contributed by atoms with E-state index in [1.54, 1.807) is 7.11 Å².